The standard InChI is InChI=1S/C22H34N4O2/c1-7-16(3)27-21-13-15(2)10-11-19(21)14-25-22(23-6)24-12-8-9-20-17(4)26-28-18(20)5/h10-11,13,16H,7-9,12,14H2,1-6H3,(H2,23,24,25). The predicted octanol–water partition coefficient (Wildman–Crippen LogP) is 4.07. The number of hydrogen-bond donors (Lipinski definition) is 2. The number of nitrogens with one attached hydrogen (secondary N) is 2. The zero-order valence-electron chi connectivity index (χ0n) is 18.1. The fourth-order valence-corrected chi connectivity index (χ4v) is 2.95. The van der Waals surface area contributed by atoms with E-state index in [4.69, 9.17) is 9.26 Å². The van der Waals surface area contributed by atoms with E-state index in [1.165, 1.54) is 11.1 Å². The molecule has 0 aliphatic rings. The normalized spacial score (nSPS) is 12.7. The van der Waals surface area contributed by atoms with Crippen molar-refractivity contribution in [3.8, 4) is 5.75 Å². The molecule has 6 heteroatoms. The SMILES string of the molecule is CCC(C)Oc1cc(C)ccc1CNC(=NC)NCCCc1c(C)noc1C. The number of nitrogens with zero attached hydrogens (tertiary/aromatic N) is 2. The minimum atomic E-state index is 0.197. The first kappa shape index (κ1) is 21.8. The molecule has 6 nitrogen and oxygen atoms in total. The molecule has 0 saturated heterocycles. The van der Waals surface area contributed by atoms with Gasteiger partial charge < -0.3 is 19.9 Å². The topological polar surface area (TPSA) is 71.7 Å². The molecule has 1 atom stereocenters. The summed E-state index contributed by atoms with van der Waals surface area (Å²) in [5.41, 5.74) is 4.51. The number of ether oxygens (including phenoxy) is 1. The third kappa shape index (κ3) is 6.29. The number of aryl methyl sites for hydroxylation is 3. The van der Waals surface area contributed by atoms with E-state index in [2.05, 4.69) is 59.8 Å². The minimum absolute atomic E-state index is 0.197. The Labute approximate surface area is 168 Å². The first-order valence-corrected chi connectivity index (χ1v) is 10.1. The molecule has 0 aliphatic carbocycles. The Morgan fingerprint density at radius 3 is 2.68 bits per heavy atom. The van der Waals surface area contributed by atoms with Gasteiger partial charge >= 0.3 is 0 Å². The molecule has 2 aromatic rings. The van der Waals surface area contributed by atoms with Crippen molar-refractivity contribution in [2.24, 2.45) is 4.99 Å². The van der Waals surface area contributed by atoms with Crippen LogP contribution >= 0.6 is 0 Å². The Morgan fingerprint density at radius 1 is 1.25 bits per heavy atom. The molecule has 2 N–H and O–H groups in total. The van der Waals surface area contributed by atoms with Gasteiger partial charge in [0.25, 0.3) is 0 Å². The number of benzene rings is 1. The highest BCUT2D eigenvalue weighted by atomic mass is 16.5. The van der Waals surface area contributed by atoms with Gasteiger partial charge in [0.15, 0.2) is 5.96 Å². The van der Waals surface area contributed by atoms with E-state index in [1.807, 2.05) is 13.8 Å². The molecule has 0 radical (unpaired) electrons. The van der Waals surface area contributed by atoms with Gasteiger partial charge in [-0.15, -0.1) is 0 Å². The van der Waals surface area contributed by atoms with Crippen molar-refractivity contribution in [1.82, 2.24) is 15.8 Å². The molecule has 1 heterocycles. The van der Waals surface area contributed by atoms with Crippen LogP contribution in [0.4, 0.5) is 0 Å². The average molecular weight is 387 g/mol. The first-order valence-electron chi connectivity index (χ1n) is 10.1. The van der Waals surface area contributed by atoms with Crippen molar-refractivity contribution in [3.63, 3.8) is 0 Å². The zero-order valence-corrected chi connectivity index (χ0v) is 18.1. The molecule has 28 heavy (non-hydrogen) atoms. The van der Waals surface area contributed by atoms with Crippen molar-refractivity contribution >= 4 is 5.96 Å². The minimum Gasteiger partial charge on any atom is -0.490 e. The summed E-state index contributed by atoms with van der Waals surface area (Å²) in [6.07, 6.45) is 3.10. The second-order valence-corrected chi connectivity index (χ2v) is 7.21. The van der Waals surface area contributed by atoms with Crippen molar-refractivity contribution in [2.45, 2.75) is 66.5 Å². The summed E-state index contributed by atoms with van der Waals surface area (Å²) < 4.78 is 11.3. The van der Waals surface area contributed by atoms with E-state index in [0.717, 1.165) is 54.5 Å². The molecule has 1 aromatic carbocycles. The van der Waals surface area contributed by atoms with Crippen LogP contribution in [0.3, 0.4) is 0 Å². The van der Waals surface area contributed by atoms with E-state index in [1.54, 1.807) is 7.05 Å². The van der Waals surface area contributed by atoms with Gasteiger partial charge in [-0.3, -0.25) is 4.99 Å². The Kier molecular flexibility index (Phi) is 8.36. The Bertz CT molecular complexity index is 763. The smallest absolute Gasteiger partial charge is 0.191 e. The van der Waals surface area contributed by atoms with Crippen LogP contribution < -0.4 is 15.4 Å². The van der Waals surface area contributed by atoms with Crippen LogP contribution in [0.5, 0.6) is 5.75 Å². The maximum atomic E-state index is 6.09. The predicted molar refractivity (Wildman–Crippen MR) is 114 cm³/mol. The monoisotopic (exact) mass is 386 g/mol. The van der Waals surface area contributed by atoms with Gasteiger partial charge in [0.1, 0.15) is 11.5 Å². The summed E-state index contributed by atoms with van der Waals surface area (Å²) in [5, 5.41) is 10.8. The Balaban J connectivity index is 1.85. The second kappa shape index (κ2) is 10.7. The maximum Gasteiger partial charge on any atom is 0.191 e. The fourth-order valence-electron chi connectivity index (χ4n) is 2.95. The maximum absolute atomic E-state index is 6.09. The largest absolute Gasteiger partial charge is 0.490 e. The van der Waals surface area contributed by atoms with E-state index >= 15 is 0 Å². The van der Waals surface area contributed by atoms with E-state index < -0.39 is 0 Å². The summed E-state index contributed by atoms with van der Waals surface area (Å²) in [5.74, 6) is 2.64. The van der Waals surface area contributed by atoms with Gasteiger partial charge in [0.2, 0.25) is 0 Å². The summed E-state index contributed by atoms with van der Waals surface area (Å²) in [6, 6.07) is 6.33. The molecular weight excluding hydrogens is 352 g/mol. The molecular formula is C22H34N4O2. The van der Waals surface area contributed by atoms with E-state index in [0.29, 0.717) is 6.54 Å². The highest BCUT2D eigenvalue weighted by Crippen LogP contribution is 2.22. The number of aliphatic imine (C=N–C) groups is 1. The van der Waals surface area contributed by atoms with Crippen LogP contribution in [0.15, 0.2) is 27.7 Å². The molecule has 2 rings (SSSR count). The van der Waals surface area contributed by atoms with Gasteiger partial charge in [0.05, 0.1) is 11.8 Å². The molecule has 0 saturated carbocycles. The van der Waals surface area contributed by atoms with Crippen LogP contribution in [0.25, 0.3) is 0 Å². The lowest BCUT2D eigenvalue weighted by molar-refractivity contribution is 0.215. The lowest BCUT2D eigenvalue weighted by Crippen LogP contribution is -2.37. The summed E-state index contributed by atoms with van der Waals surface area (Å²) in [6.45, 7) is 11.7. The Morgan fingerprint density at radius 2 is 2.04 bits per heavy atom. The average Bonchev–Trinajstić information content (AvgIpc) is 3.00. The lowest BCUT2D eigenvalue weighted by atomic mass is 10.1. The van der Waals surface area contributed by atoms with Crippen LogP contribution in [0.2, 0.25) is 0 Å². The zero-order chi connectivity index (χ0) is 20.5. The molecule has 1 aromatic heterocycles. The van der Waals surface area contributed by atoms with Crippen molar-refractivity contribution in [2.75, 3.05) is 13.6 Å². The van der Waals surface area contributed by atoms with Crippen molar-refractivity contribution in [1.29, 1.82) is 0 Å². The molecule has 0 amide bonds. The number of aromatic nitrogens is 1. The molecule has 0 bridgehead atoms. The second-order valence-electron chi connectivity index (χ2n) is 7.21. The molecule has 0 aliphatic heterocycles. The third-order valence-electron chi connectivity index (χ3n) is 4.87. The first-order chi connectivity index (χ1) is 13.4. The highest BCUT2D eigenvalue weighted by molar-refractivity contribution is 5.79. The van der Waals surface area contributed by atoms with Crippen LogP contribution in [0.1, 0.15) is 54.8 Å². The lowest BCUT2D eigenvalue weighted by Gasteiger charge is -2.18. The summed E-state index contributed by atoms with van der Waals surface area (Å²) in [4.78, 5) is 4.32. The quantitative estimate of drug-likeness (QED) is 0.386. The number of rotatable bonds is 9. The Hall–Kier alpha value is -2.50. The fraction of sp³-hybridized carbons (Fsp3) is 0.545. The van der Waals surface area contributed by atoms with Crippen molar-refractivity contribution < 1.29 is 9.26 Å². The van der Waals surface area contributed by atoms with Crippen LogP contribution in [0, 0.1) is 20.8 Å². The van der Waals surface area contributed by atoms with E-state index in [-0.39, 0.29) is 6.10 Å². The molecule has 0 fully saturated rings. The van der Waals surface area contributed by atoms with Gasteiger partial charge in [0, 0.05) is 31.3 Å². The number of hydrogen-bond acceptors (Lipinski definition) is 4. The van der Waals surface area contributed by atoms with Gasteiger partial charge in [-0.2, -0.15) is 0 Å². The van der Waals surface area contributed by atoms with Crippen molar-refractivity contribution in [3.05, 3.63) is 46.3 Å². The third-order valence-corrected chi connectivity index (χ3v) is 4.87. The van der Waals surface area contributed by atoms with Crippen LogP contribution in [-0.2, 0) is 13.0 Å². The molecule has 1 unspecified atom stereocenters. The van der Waals surface area contributed by atoms with Crippen LogP contribution in [-0.4, -0.2) is 30.8 Å². The summed E-state index contributed by atoms with van der Waals surface area (Å²) in [7, 11) is 1.79. The van der Waals surface area contributed by atoms with Gasteiger partial charge in [-0.25, -0.2) is 0 Å². The molecule has 0 spiro atoms. The summed E-state index contributed by atoms with van der Waals surface area (Å²) >= 11 is 0. The highest BCUT2D eigenvalue weighted by Gasteiger charge is 2.10. The molecule has 154 valence electrons. The van der Waals surface area contributed by atoms with Gasteiger partial charge in [-0.1, -0.05) is 24.2 Å². The van der Waals surface area contributed by atoms with E-state index in [9.17, 15) is 0 Å². The number of guanidine groups is 1. The van der Waals surface area contributed by atoms with Gasteiger partial charge in [-0.05, 0) is 58.6 Å².